The first-order valence-corrected chi connectivity index (χ1v) is 6.73. The molecule has 0 aliphatic rings. The second-order valence-corrected chi connectivity index (χ2v) is 4.80. The second-order valence-electron chi connectivity index (χ2n) is 4.36. The van der Waals surface area contributed by atoms with Crippen LogP contribution in [0.5, 0.6) is 5.75 Å². The molecule has 0 saturated carbocycles. The highest BCUT2D eigenvalue weighted by Crippen LogP contribution is 2.24. The summed E-state index contributed by atoms with van der Waals surface area (Å²) in [5.41, 5.74) is 1.59. The predicted molar refractivity (Wildman–Crippen MR) is 81.0 cm³/mol. The van der Waals surface area contributed by atoms with Crippen LogP contribution in [0.15, 0.2) is 42.6 Å². The van der Waals surface area contributed by atoms with Crippen molar-refractivity contribution in [1.82, 2.24) is 9.78 Å². The number of carbonyl (C=O) groups is 1. The Hall–Kier alpha value is -2.47. The Morgan fingerprint density at radius 3 is 2.73 bits per heavy atom. The molecule has 0 atom stereocenters. The maximum absolute atomic E-state index is 11.6. The van der Waals surface area contributed by atoms with E-state index in [9.17, 15) is 4.79 Å². The van der Waals surface area contributed by atoms with Crippen molar-refractivity contribution in [3.63, 3.8) is 0 Å². The molecule has 1 aromatic heterocycles. The summed E-state index contributed by atoms with van der Waals surface area (Å²) in [6.07, 6.45) is 4.39. The molecule has 0 fully saturated rings. The molecule has 0 saturated heterocycles. The lowest BCUT2D eigenvalue weighted by molar-refractivity contribution is -0.138. The lowest BCUT2D eigenvalue weighted by Crippen LogP contribution is -2.12. The molecular formula is C15H15ClN2O4. The zero-order chi connectivity index (χ0) is 16.1. The van der Waals surface area contributed by atoms with Gasteiger partial charge in [0.05, 0.1) is 31.1 Å². The van der Waals surface area contributed by atoms with E-state index in [4.69, 9.17) is 21.1 Å². The van der Waals surface area contributed by atoms with Crippen LogP contribution in [-0.2, 0) is 14.3 Å². The summed E-state index contributed by atoms with van der Waals surface area (Å²) in [7, 11) is 2.69. The van der Waals surface area contributed by atoms with Crippen LogP contribution in [0.4, 0.5) is 0 Å². The van der Waals surface area contributed by atoms with Gasteiger partial charge in [-0.1, -0.05) is 17.7 Å². The largest absolute Gasteiger partial charge is 0.500 e. The Bertz CT molecular complexity index is 709. The van der Waals surface area contributed by atoms with Crippen LogP contribution in [0.1, 0.15) is 5.56 Å². The van der Waals surface area contributed by atoms with E-state index < -0.39 is 5.97 Å². The van der Waals surface area contributed by atoms with E-state index in [1.807, 2.05) is 19.1 Å². The molecule has 0 radical (unpaired) electrons. The standard InChI is InChI=1S/C15H15ClN2O4/c1-10-4-5-12(18-8-11(16)7-17-18)6-13(10)22-14(9-20-2)15(19)21-3/h4-9H,1-3H3/b14-9-. The number of aromatic nitrogens is 2. The minimum Gasteiger partial charge on any atom is -0.500 e. The summed E-state index contributed by atoms with van der Waals surface area (Å²) in [6.45, 7) is 1.86. The molecule has 0 amide bonds. The number of hydrogen-bond donors (Lipinski definition) is 0. The van der Waals surface area contributed by atoms with Crippen LogP contribution in [-0.4, -0.2) is 30.0 Å². The number of benzene rings is 1. The molecule has 0 N–H and O–H groups in total. The summed E-state index contributed by atoms with van der Waals surface area (Å²) in [4.78, 5) is 11.6. The van der Waals surface area contributed by atoms with Gasteiger partial charge in [0.25, 0.3) is 0 Å². The summed E-state index contributed by atoms with van der Waals surface area (Å²) >= 11 is 5.87. The van der Waals surface area contributed by atoms with Gasteiger partial charge in [-0.2, -0.15) is 5.10 Å². The molecule has 116 valence electrons. The second kappa shape index (κ2) is 7.00. The van der Waals surface area contributed by atoms with E-state index in [1.165, 1.54) is 26.7 Å². The first-order valence-electron chi connectivity index (χ1n) is 6.35. The Morgan fingerprint density at radius 2 is 2.14 bits per heavy atom. The molecule has 0 aliphatic heterocycles. The van der Waals surface area contributed by atoms with Gasteiger partial charge in [0.15, 0.2) is 0 Å². The zero-order valence-electron chi connectivity index (χ0n) is 12.4. The van der Waals surface area contributed by atoms with Crippen molar-refractivity contribution in [1.29, 1.82) is 0 Å². The van der Waals surface area contributed by atoms with Crippen molar-refractivity contribution >= 4 is 17.6 Å². The van der Waals surface area contributed by atoms with Gasteiger partial charge in [0, 0.05) is 12.3 Å². The monoisotopic (exact) mass is 322 g/mol. The molecule has 7 heteroatoms. The third kappa shape index (κ3) is 3.59. The first kappa shape index (κ1) is 15.9. The number of rotatable bonds is 5. The van der Waals surface area contributed by atoms with Crippen molar-refractivity contribution < 1.29 is 19.0 Å². The Balaban J connectivity index is 2.34. The van der Waals surface area contributed by atoms with Gasteiger partial charge in [-0.15, -0.1) is 0 Å². The lowest BCUT2D eigenvalue weighted by Gasteiger charge is -2.12. The topological polar surface area (TPSA) is 62.6 Å². The number of nitrogens with zero attached hydrogens (tertiary/aromatic N) is 2. The molecule has 0 spiro atoms. The molecular weight excluding hydrogens is 308 g/mol. The number of esters is 1. The number of ether oxygens (including phenoxy) is 3. The fraction of sp³-hybridized carbons (Fsp3) is 0.200. The molecule has 2 rings (SSSR count). The van der Waals surface area contributed by atoms with Gasteiger partial charge in [-0.25, -0.2) is 9.48 Å². The van der Waals surface area contributed by atoms with Crippen LogP contribution in [0, 0.1) is 6.92 Å². The molecule has 0 unspecified atom stereocenters. The highest BCUT2D eigenvalue weighted by molar-refractivity contribution is 6.30. The maximum Gasteiger partial charge on any atom is 0.377 e. The molecule has 1 aromatic carbocycles. The minimum absolute atomic E-state index is 0.0521. The fourth-order valence-electron chi connectivity index (χ4n) is 1.72. The number of carbonyl (C=O) groups excluding carboxylic acids is 1. The quantitative estimate of drug-likeness (QED) is 0.481. The lowest BCUT2D eigenvalue weighted by atomic mass is 10.2. The van der Waals surface area contributed by atoms with Gasteiger partial charge in [-0.05, 0) is 18.6 Å². The van der Waals surface area contributed by atoms with Crippen LogP contribution in [0.25, 0.3) is 5.69 Å². The van der Waals surface area contributed by atoms with Crippen molar-refractivity contribution in [3.8, 4) is 11.4 Å². The smallest absolute Gasteiger partial charge is 0.377 e. The summed E-state index contributed by atoms with van der Waals surface area (Å²) in [5, 5.41) is 4.65. The third-order valence-electron chi connectivity index (χ3n) is 2.82. The van der Waals surface area contributed by atoms with Crippen molar-refractivity contribution in [2.24, 2.45) is 0 Å². The molecule has 0 bridgehead atoms. The maximum atomic E-state index is 11.6. The van der Waals surface area contributed by atoms with Gasteiger partial charge < -0.3 is 14.2 Å². The number of aryl methyl sites for hydroxylation is 1. The van der Waals surface area contributed by atoms with E-state index >= 15 is 0 Å². The predicted octanol–water partition coefficient (Wildman–Crippen LogP) is 2.87. The van der Waals surface area contributed by atoms with Crippen molar-refractivity contribution in [2.75, 3.05) is 14.2 Å². The number of halogens is 1. The van der Waals surface area contributed by atoms with E-state index in [2.05, 4.69) is 9.84 Å². The van der Waals surface area contributed by atoms with E-state index in [0.29, 0.717) is 10.8 Å². The van der Waals surface area contributed by atoms with Crippen LogP contribution < -0.4 is 4.74 Å². The SMILES string of the molecule is CO/C=C(\Oc1cc(-n2cc(Cl)cn2)ccc1C)C(=O)OC. The fourth-order valence-corrected chi connectivity index (χ4v) is 1.86. The van der Waals surface area contributed by atoms with E-state index in [0.717, 1.165) is 11.3 Å². The van der Waals surface area contributed by atoms with Gasteiger partial charge in [0.1, 0.15) is 12.0 Å². The van der Waals surface area contributed by atoms with Crippen LogP contribution in [0.2, 0.25) is 5.02 Å². The summed E-state index contributed by atoms with van der Waals surface area (Å²) < 4.78 is 16.7. The van der Waals surface area contributed by atoms with Gasteiger partial charge >= 0.3 is 5.97 Å². The summed E-state index contributed by atoms with van der Waals surface area (Å²) in [5.74, 6) is -0.199. The molecule has 6 nitrogen and oxygen atoms in total. The van der Waals surface area contributed by atoms with Crippen molar-refractivity contribution in [2.45, 2.75) is 6.92 Å². The number of methoxy groups -OCH3 is 2. The molecule has 0 aliphatic carbocycles. The Kier molecular flexibility index (Phi) is 5.06. The average molecular weight is 323 g/mol. The Morgan fingerprint density at radius 1 is 1.36 bits per heavy atom. The minimum atomic E-state index is -0.631. The first-order chi connectivity index (χ1) is 10.5. The van der Waals surface area contributed by atoms with Crippen molar-refractivity contribution in [3.05, 3.63) is 53.2 Å². The highest BCUT2D eigenvalue weighted by atomic mass is 35.5. The van der Waals surface area contributed by atoms with Crippen LogP contribution in [0.3, 0.4) is 0 Å². The van der Waals surface area contributed by atoms with Crippen LogP contribution >= 0.6 is 11.6 Å². The Labute approximate surface area is 132 Å². The molecule has 22 heavy (non-hydrogen) atoms. The highest BCUT2D eigenvalue weighted by Gasteiger charge is 2.15. The molecule has 2 aromatic rings. The zero-order valence-corrected chi connectivity index (χ0v) is 13.1. The van der Waals surface area contributed by atoms with E-state index in [-0.39, 0.29) is 5.76 Å². The average Bonchev–Trinajstić information content (AvgIpc) is 2.94. The normalized spacial score (nSPS) is 11.2. The van der Waals surface area contributed by atoms with Gasteiger partial charge in [0.2, 0.25) is 5.76 Å². The summed E-state index contributed by atoms with van der Waals surface area (Å²) in [6, 6.07) is 5.45. The molecule has 1 heterocycles. The third-order valence-corrected chi connectivity index (χ3v) is 3.01. The van der Waals surface area contributed by atoms with Gasteiger partial charge in [-0.3, -0.25) is 0 Å². The van der Waals surface area contributed by atoms with E-state index in [1.54, 1.807) is 16.9 Å². The number of hydrogen-bond acceptors (Lipinski definition) is 5.